The third-order valence-electron chi connectivity index (χ3n) is 5.25. The molecule has 0 saturated carbocycles. The maximum atomic E-state index is 6.65. The van der Waals surface area contributed by atoms with Gasteiger partial charge in [0, 0.05) is 24.2 Å². The van der Waals surface area contributed by atoms with E-state index in [9.17, 15) is 0 Å². The first-order chi connectivity index (χ1) is 10.4. The largest absolute Gasteiger partial charge is 0.365 e. The fraction of sp³-hybridized carbons (Fsp3) is 0.684. The average Bonchev–Trinajstić information content (AvgIpc) is 2.48. The normalized spacial score (nSPS) is 23.5. The van der Waals surface area contributed by atoms with Crippen molar-refractivity contribution in [1.29, 1.82) is 0 Å². The summed E-state index contributed by atoms with van der Waals surface area (Å²) >= 11 is 4.58. The number of rotatable bonds is 6. The Morgan fingerprint density at radius 2 is 1.95 bits per heavy atom. The van der Waals surface area contributed by atoms with Gasteiger partial charge in [0.05, 0.1) is 5.54 Å². The number of benzene rings is 1. The number of anilines is 1. The number of unbranched alkanes of at least 4 members (excludes halogenated alkanes) is 3. The van der Waals surface area contributed by atoms with Gasteiger partial charge in [-0.3, -0.25) is 0 Å². The molecule has 2 unspecified atom stereocenters. The Morgan fingerprint density at radius 1 is 1.23 bits per heavy atom. The Hall–Kier alpha value is -0.670. The Kier molecular flexibility index (Phi) is 5.84. The van der Waals surface area contributed by atoms with Gasteiger partial charge in [0.25, 0.3) is 0 Å². The van der Waals surface area contributed by atoms with Gasteiger partial charge < -0.3 is 10.6 Å². The van der Waals surface area contributed by atoms with Crippen LogP contribution in [0, 0.1) is 6.92 Å². The van der Waals surface area contributed by atoms with E-state index < -0.39 is 0 Å². The van der Waals surface area contributed by atoms with Crippen molar-refractivity contribution in [2.75, 3.05) is 17.2 Å². The first kappa shape index (κ1) is 17.7. The second-order valence-electron chi connectivity index (χ2n) is 7.24. The van der Waals surface area contributed by atoms with Crippen molar-refractivity contribution in [3.8, 4) is 0 Å². The van der Waals surface area contributed by atoms with Gasteiger partial charge >= 0.3 is 0 Å². The topological polar surface area (TPSA) is 29.3 Å². The minimum atomic E-state index is -0.0274. The summed E-state index contributed by atoms with van der Waals surface area (Å²) in [6, 6.07) is 6.92. The van der Waals surface area contributed by atoms with E-state index in [2.05, 4.69) is 63.4 Å². The second kappa shape index (κ2) is 7.27. The van der Waals surface area contributed by atoms with Gasteiger partial charge in [-0.1, -0.05) is 38.3 Å². The lowest BCUT2D eigenvalue weighted by Crippen LogP contribution is -2.62. The van der Waals surface area contributed by atoms with E-state index in [-0.39, 0.29) is 11.6 Å². The molecule has 0 saturated heterocycles. The molecule has 0 aromatic heterocycles. The highest BCUT2D eigenvalue weighted by molar-refractivity contribution is 7.80. The van der Waals surface area contributed by atoms with E-state index in [4.69, 9.17) is 5.73 Å². The van der Waals surface area contributed by atoms with Gasteiger partial charge in [0.15, 0.2) is 0 Å². The average molecular weight is 321 g/mol. The van der Waals surface area contributed by atoms with Crippen molar-refractivity contribution in [1.82, 2.24) is 0 Å². The molecule has 1 aromatic rings. The van der Waals surface area contributed by atoms with E-state index in [0.29, 0.717) is 5.92 Å². The quantitative estimate of drug-likeness (QED) is 0.596. The van der Waals surface area contributed by atoms with Crippen molar-refractivity contribution in [2.24, 2.45) is 5.73 Å². The lowest BCUT2D eigenvalue weighted by Gasteiger charge is -2.52. The standard InChI is InChI=1S/C19H32N2S/c1-5-6-7-8-11-21-17-12-14(2)9-10-15(17)16(13-22)18(20)19(21,3)4/h9-10,12,16,18,22H,5-8,11,13,20H2,1-4H3. The highest BCUT2D eigenvalue weighted by Gasteiger charge is 2.43. The lowest BCUT2D eigenvalue weighted by atomic mass is 9.75. The zero-order valence-electron chi connectivity index (χ0n) is 14.6. The van der Waals surface area contributed by atoms with Crippen molar-refractivity contribution in [3.63, 3.8) is 0 Å². The predicted octanol–water partition coefficient (Wildman–Crippen LogP) is 4.51. The molecule has 1 heterocycles. The highest BCUT2D eigenvalue weighted by atomic mass is 32.1. The van der Waals surface area contributed by atoms with Crippen LogP contribution < -0.4 is 10.6 Å². The van der Waals surface area contributed by atoms with E-state index in [1.165, 1.54) is 42.5 Å². The molecule has 0 aliphatic carbocycles. The van der Waals surface area contributed by atoms with Crippen LogP contribution in [0.15, 0.2) is 18.2 Å². The molecular formula is C19H32N2S. The molecule has 22 heavy (non-hydrogen) atoms. The van der Waals surface area contributed by atoms with Gasteiger partial charge in [-0.2, -0.15) is 12.6 Å². The molecule has 0 amide bonds. The fourth-order valence-corrected chi connectivity index (χ4v) is 4.12. The highest BCUT2D eigenvalue weighted by Crippen LogP contribution is 2.43. The summed E-state index contributed by atoms with van der Waals surface area (Å²) in [4.78, 5) is 2.55. The van der Waals surface area contributed by atoms with Crippen molar-refractivity contribution in [2.45, 2.75) is 70.9 Å². The number of hydrogen-bond donors (Lipinski definition) is 2. The van der Waals surface area contributed by atoms with Crippen LogP contribution in [0.3, 0.4) is 0 Å². The van der Waals surface area contributed by atoms with Gasteiger partial charge in [-0.25, -0.2) is 0 Å². The fourth-order valence-electron chi connectivity index (χ4n) is 3.69. The first-order valence-electron chi connectivity index (χ1n) is 8.68. The molecule has 2 atom stereocenters. The van der Waals surface area contributed by atoms with E-state index in [1.807, 2.05) is 0 Å². The first-order valence-corrected chi connectivity index (χ1v) is 9.31. The smallest absolute Gasteiger partial charge is 0.0503 e. The summed E-state index contributed by atoms with van der Waals surface area (Å²) in [6.45, 7) is 10.1. The van der Waals surface area contributed by atoms with Gasteiger partial charge in [-0.05, 0) is 50.1 Å². The molecule has 3 heteroatoms. The summed E-state index contributed by atoms with van der Waals surface area (Å²) in [5.74, 6) is 1.14. The van der Waals surface area contributed by atoms with Crippen LogP contribution in [-0.4, -0.2) is 23.9 Å². The van der Waals surface area contributed by atoms with Crippen LogP contribution in [0.2, 0.25) is 0 Å². The van der Waals surface area contributed by atoms with Crippen LogP contribution in [-0.2, 0) is 0 Å². The minimum absolute atomic E-state index is 0.0274. The molecule has 2 N–H and O–H groups in total. The molecule has 2 rings (SSSR count). The molecule has 1 aliphatic rings. The van der Waals surface area contributed by atoms with Gasteiger partial charge in [0.2, 0.25) is 0 Å². The summed E-state index contributed by atoms with van der Waals surface area (Å²) in [5, 5.41) is 0. The van der Waals surface area contributed by atoms with Crippen LogP contribution in [0.5, 0.6) is 0 Å². The molecule has 0 radical (unpaired) electrons. The summed E-state index contributed by atoms with van der Waals surface area (Å²) in [6.07, 6.45) is 5.14. The van der Waals surface area contributed by atoms with E-state index >= 15 is 0 Å². The Bertz CT molecular complexity index is 498. The number of fused-ring (bicyclic) bond motifs is 1. The van der Waals surface area contributed by atoms with Crippen LogP contribution in [0.1, 0.15) is 63.5 Å². The monoisotopic (exact) mass is 320 g/mol. The zero-order chi connectivity index (χ0) is 16.3. The maximum absolute atomic E-state index is 6.65. The Labute approximate surface area is 141 Å². The van der Waals surface area contributed by atoms with Crippen molar-refractivity contribution in [3.05, 3.63) is 29.3 Å². The van der Waals surface area contributed by atoms with E-state index in [0.717, 1.165) is 12.3 Å². The van der Waals surface area contributed by atoms with Crippen molar-refractivity contribution < 1.29 is 0 Å². The second-order valence-corrected chi connectivity index (χ2v) is 7.61. The molecule has 0 fully saturated rings. The minimum Gasteiger partial charge on any atom is -0.365 e. The molecule has 1 aromatic carbocycles. The van der Waals surface area contributed by atoms with Crippen LogP contribution >= 0.6 is 12.6 Å². The van der Waals surface area contributed by atoms with Gasteiger partial charge in [-0.15, -0.1) is 0 Å². The maximum Gasteiger partial charge on any atom is 0.0503 e. The predicted molar refractivity (Wildman–Crippen MR) is 101 cm³/mol. The molecule has 0 spiro atoms. The van der Waals surface area contributed by atoms with Crippen LogP contribution in [0.25, 0.3) is 0 Å². The zero-order valence-corrected chi connectivity index (χ0v) is 15.5. The Morgan fingerprint density at radius 3 is 2.59 bits per heavy atom. The van der Waals surface area contributed by atoms with Crippen molar-refractivity contribution >= 4 is 18.3 Å². The summed E-state index contributed by atoms with van der Waals surface area (Å²) in [5.41, 5.74) is 10.7. The number of aryl methyl sites for hydroxylation is 1. The summed E-state index contributed by atoms with van der Waals surface area (Å²) < 4.78 is 0. The van der Waals surface area contributed by atoms with Gasteiger partial charge in [0.1, 0.15) is 0 Å². The molecule has 124 valence electrons. The third-order valence-corrected chi connectivity index (χ3v) is 5.65. The third kappa shape index (κ3) is 3.30. The molecule has 2 nitrogen and oxygen atoms in total. The number of hydrogen-bond acceptors (Lipinski definition) is 3. The summed E-state index contributed by atoms with van der Waals surface area (Å²) in [7, 11) is 0. The number of thiol groups is 1. The number of nitrogens with zero attached hydrogens (tertiary/aromatic N) is 1. The molecular weight excluding hydrogens is 288 g/mol. The number of nitrogens with two attached hydrogens (primary N) is 1. The lowest BCUT2D eigenvalue weighted by molar-refractivity contribution is 0.320. The molecule has 1 aliphatic heterocycles. The SMILES string of the molecule is CCCCCCN1c2cc(C)ccc2C(CS)C(N)C1(C)C. The Balaban J connectivity index is 2.35. The van der Waals surface area contributed by atoms with Crippen LogP contribution in [0.4, 0.5) is 5.69 Å². The molecule has 0 bridgehead atoms. The van der Waals surface area contributed by atoms with E-state index in [1.54, 1.807) is 0 Å².